The van der Waals surface area contributed by atoms with Crippen molar-refractivity contribution in [2.75, 3.05) is 29.9 Å². The molecule has 0 radical (unpaired) electrons. The van der Waals surface area contributed by atoms with E-state index in [0.717, 1.165) is 47.6 Å². The van der Waals surface area contributed by atoms with Crippen LogP contribution in [0.5, 0.6) is 17.2 Å². The molecule has 0 bridgehead atoms. The second kappa shape index (κ2) is 14.8. The molecule has 240 valence electrons. The van der Waals surface area contributed by atoms with Gasteiger partial charge in [-0.05, 0) is 74.6 Å². The van der Waals surface area contributed by atoms with Gasteiger partial charge in [-0.15, -0.1) is 0 Å². The van der Waals surface area contributed by atoms with Crippen molar-refractivity contribution in [3.05, 3.63) is 102 Å². The van der Waals surface area contributed by atoms with E-state index in [1.54, 1.807) is 26.2 Å². The van der Waals surface area contributed by atoms with E-state index in [1.165, 1.54) is 0 Å². The molecule has 5 rings (SSSR count). The molecule has 1 saturated heterocycles. The molecule has 1 aliphatic rings. The molecule has 2 N–H and O–H groups in total. The molecule has 1 atom stereocenters. The zero-order chi connectivity index (χ0) is 32.5. The third-order valence-corrected chi connectivity index (χ3v) is 7.94. The average molecular weight is 625 g/mol. The molecule has 0 spiro atoms. The van der Waals surface area contributed by atoms with Crippen molar-refractivity contribution in [2.45, 2.75) is 58.2 Å². The number of nitrogens with zero attached hydrogens (tertiary/aromatic N) is 3. The maximum atomic E-state index is 12.9. The van der Waals surface area contributed by atoms with Gasteiger partial charge in [-0.3, -0.25) is 14.6 Å². The van der Waals surface area contributed by atoms with Crippen molar-refractivity contribution >= 4 is 23.5 Å². The fourth-order valence-corrected chi connectivity index (χ4v) is 5.20. The Bertz CT molecular complexity index is 1620. The van der Waals surface area contributed by atoms with E-state index in [0.29, 0.717) is 37.1 Å². The number of aliphatic carboxylic acids is 1. The number of rotatable bonds is 13. The Kier molecular flexibility index (Phi) is 10.4. The Morgan fingerprint density at radius 1 is 0.957 bits per heavy atom. The molecule has 0 saturated carbocycles. The number of hydrogen-bond acceptors (Lipinski definition) is 8. The van der Waals surface area contributed by atoms with Crippen molar-refractivity contribution < 1.29 is 28.9 Å². The summed E-state index contributed by atoms with van der Waals surface area (Å²) < 4.78 is 17.9. The summed E-state index contributed by atoms with van der Waals surface area (Å²) >= 11 is 0. The number of para-hydroxylation sites is 2. The summed E-state index contributed by atoms with van der Waals surface area (Å²) in [5.41, 5.74) is 1.53. The highest BCUT2D eigenvalue weighted by molar-refractivity contribution is 5.91. The Morgan fingerprint density at radius 2 is 1.67 bits per heavy atom. The number of benzene rings is 3. The topological polar surface area (TPSA) is 123 Å². The fraction of sp³-hybridized carbons (Fsp3) is 0.333. The van der Waals surface area contributed by atoms with Crippen LogP contribution in [0.1, 0.15) is 50.3 Å². The van der Waals surface area contributed by atoms with Gasteiger partial charge in [0.25, 0.3) is 0 Å². The highest BCUT2D eigenvalue weighted by Crippen LogP contribution is 2.30. The summed E-state index contributed by atoms with van der Waals surface area (Å²) in [4.78, 5) is 35.5. The maximum Gasteiger partial charge on any atom is 0.313 e. The smallest absolute Gasteiger partial charge is 0.313 e. The van der Waals surface area contributed by atoms with Crippen LogP contribution >= 0.6 is 0 Å². The predicted molar refractivity (Wildman–Crippen MR) is 176 cm³/mol. The first kappa shape index (κ1) is 32.3. The zero-order valence-corrected chi connectivity index (χ0v) is 26.4. The SMILES string of the molecule is CCOc1ccccc1O[C@@H]1CCCN(c2cncc(NC(=O)Cc3ccc(OCc4ccc(C(C)(C)C(=O)O)cc4)cc3)n2)C1. The summed E-state index contributed by atoms with van der Waals surface area (Å²) in [6.07, 6.45) is 5.26. The maximum absolute atomic E-state index is 12.9. The minimum Gasteiger partial charge on any atom is -0.490 e. The van der Waals surface area contributed by atoms with Crippen molar-refractivity contribution in [2.24, 2.45) is 0 Å². The minimum atomic E-state index is -0.957. The predicted octanol–water partition coefficient (Wildman–Crippen LogP) is 6.05. The molecule has 0 aliphatic carbocycles. The number of amides is 1. The van der Waals surface area contributed by atoms with E-state index in [9.17, 15) is 14.7 Å². The van der Waals surface area contributed by atoms with E-state index >= 15 is 0 Å². The first-order valence-corrected chi connectivity index (χ1v) is 15.5. The normalized spacial score (nSPS) is 14.8. The number of ether oxygens (including phenoxy) is 3. The van der Waals surface area contributed by atoms with Crippen LogP contribution in [0.25, 0.3) is 0 Å². The second-order valence-corrected chi connectivity index (χ2v) is 11.8. The molecule has 1 aromatic heterocycles. The third kappa shape index (κ3) is 8.32. The summed E-state index contributed by atoms with van der Waals surface area (Å²) in [7, 11) is 0. The van der Waals surface area contributed by atoms with Crippen molar-refractivity contribution in [3.8, 4) is 17.2 Å². The Morgan fingerprint density at radius 3 is 2.39 bits per heavy atom. The molecular formula is C36H40N4O6. The monoisotopic (exact) mass is 624 g/mol. The molecule has 0 unspecified atom stereocenters. The van der Waals surface area contributed by atoms with E-state index in [4.69, 9.17) is 14.2 Å². The van der Waals surface area contributed by atoms with Crippen molar-refractivity contribution in [1.29, 1.82) is 0 Å². The summed E-state index contributed by atoms with van der Waals surface area (Å²) in [6.45, 7) is 7.69. The van der Waals surface area contributed by atoms with Crippen LogP contribution < -0.4 is 24.4 Å². The van der Waals surface area contributed by atoms with Crippen molar-refractivity contribution in [3.63, 3.8) is 0 Å². The number of carbonyl (C=O) groups is 2. The van der Waals surface area contributed by atoms with Crippen LogP contribution in [0.15, 0.2) is 85.2 Å². The van der Waals surface area contributed by atoms with Gasteiger partial charge in [-0.25, -0.2) is 4.98 Å². The van der Waals surface area contributed by atoms with Gasteiger partial charge in [0.15, 0.2) is 17.3 Å². The molecule has 1 fully saturated rings. The highest BCUT2D eigenvalue weighted by Gasteiger charge is 2.29. The number of anilines is 2. The Labute approximate surface area is 269 Å². The van der Waals surface area contributed by atoms with Gasteiger partial charge in [0.05, 0.1) is 37.4 Å². The van der Waals surface area contributed by atoms with Crippen molar-refractivity contribution in [1.82, 2.24) is 9.97 Å². The number of nitrogens with one attached hydrogen (secondary N) is 1. The molecule has 10 nitrogen and oxygen atoms in total. The lowest BCUT2D eigenvalue weighted by Crippen LogP contribution is -2.41. The number of hydrogen-bond donors (Lipinski definition) is 2. The number of piperidine rings is 1. The Hall–Kier alpha value is -5.12. The van der Waals surface area contributed by atoms with Gasteiger partial charge in [-0.2, -0.15) is 0 Å². The lowest BCUT2D eigenvalue weighted by Gasteiger charge is -2.33. The summed E-state index contributed by atoms with van der Waals surface area (Å²) in [5.74, 6) is 2.15. The number of carboxylic acid groups (broad SMARTS) is 1. The second-order valence-electron chi connectivity index (χ2n) is 11.8. The van der Waals surface area contributed by atoms with E-state index < -0.39 is 11.4 Å². The highest BCUT2D eigenvalue weighted by atomic mass is 16.5. The number of aromatic nitrogens is 2. The van der Waals surface area contributed by atoms with Gasteiger partial charge < -0.3 is 29.5 Å². The molecule has 46 heavy (non-hydrogen) atoms. The van der Waals surface area contributed by atoms with Crippen LogP contribution in [0.2, 0.25) is 0 Å². The van der Waals surface area contributed by atoms with E-state index in [1.807, 2.05) is 79.7 Å². The van der Waals surface area contributed by atoms with Gasteiger partial charge in [0.1, 0.15) is 24.3 Å². The summed E-state index contributed by atoms with van der Waals surface area (Å²) in [5, 5.41) is 12.3. The van der Waals surface area contributed by atoms with Gasteiger partial charge in [-0.1, -0.05) is 48.5 Å². The molecule has 1 aliphatic heterocycles. The molecule has 2 heterocycles. The molecule has 1 amide bonds. The first-order valence-electron chi connectivity index (χ1n) is 15.5. The molecule has 4 aromatic rings. The quantitative estimate of drug-likeness (QED) is 0.183. The fourth-order valence-electron chi connectivity index (χ4n) is 5.20. The standard InChI is InChI=1S/C36H40N4O6/c1-4-44-30-9-5-6-10-31(30)46-29-8-7-19-40(23-29)33-22-37-21-32(38-33)39-34(41)20-25-13-17-28(18-14-25)45-24-26-11-15-27(16-12-26)36(2,3)35(42)43/h5-6,9-18,21-22,29H,4,7-8,19-20,23-24H2,1-3H3,(H,42,43)(H,38,39,41)/t29-/m1/s1. The largest absolute Gasteiger partial charge is 0.490 e. The third-order valence-electron chi connectivity index (χ3n) is 7.94. The zero-order valence-electron chi connectivity index (χ0n) is 26.4. The summed E-state index contributed by atoms with van der Waals surface area (Å²) in [6, 6.07) is 22.4. The molecular weight excluding hydrogens is 584 g/mol. The van der Waals surface area contributed by atoms with Gasteiger partial charge in [0, 0.05) is 6.54 Å². The van der Waals surface area contributed by atoms with Crippen LogP contribution in [0.3, 0.4) is 0 Å². The molecule has 3 aromatic carbocycles. The minimum absolute atomic E-state index is 0.0286. The first-order chi connectivity index (χ1) is 22.2. The van der Waals surface area contributed by atoms with Gasteiger partial charge in [0.2, 0.25) is 5.91 Å². The number of carbonyl (C=O) groups excluding carboxylic acids is 1. The van der Waals surface area contributed by atoms with Crippen LogP contribution in [-0.2, 0) is 28.0 Å². The average Bonchev–Trinajstić information content (AvgIpc) is 3.06. The Balaban J connectivity index is 1.11. The van der Waals surface area contributed by atoms with Crippen LogP contribution in [-0.4, -0.2) is 52.8 Å². The van der Waals surface area contributed by atoms with Gasteiger partial charge >= 0.3 is 5.97 Å². The van der Waals surface area contributed by atoms with E-state index in [2.05, 4.69) is 20.2 Å². The van der Waals surface area contributed by atoms with Crippen LogP contribution in [0, 0.1) is 0 Å². The lowest BCUT2D eigenvalue weighted by molar-refractivity contribution is -0.142. The van der Waals surface area contributed by atoms with E-state index in [-0.39, 0.29) is 18.4 Å². The lowest BCUT2D eigenvalue weighted by atomic mass is 9.84. The molecule has 10 heteroatoms. The van der Waals surface area contributed by atoms with Crippen LogP contribution in [0.4, 0.5) is 11.6 Å². The number of carboxylic acids is 1.